The van der Waals surface area contributed by atoms with Gasteiger partial charge in [0.05, 0.1) is 11.6 Å². The van der Waals surface area contributed by atoms with Crippen molar-refractivity contribution in [1.29, 1.82) is 5.26 Å². The molecule has 0 aliphatic rings. The van der Waals surface area contributed by atoms with Crippen LogP contribution >= 0.6 is 11.6 Å². The van der Waals surface area contributed by atoms with Crippen molar-refractivity contribution in [2.45, 2.75) is 13.3 Å². The van der Waals surface area contributed by atoms with Crippen molar-refractivity contribution in [2.24, 2.45) is 0 Å². The fourth-order valence-corrected chi connectivity index (χ4v) is 2.23. The van der Waals surface area contributed by atoms with Crippen LogP contribution in [0, 0.1) is 18.3 Å². The molecule has 4 nitrogen and oxygen atoms in total. The summed E-state index contributed by atoms with van der Waals surface area (Å²) in [5.74, 6) is -0.0747. The third-order valence-electron chi connectivity index (χ3n) is 3.14. The number of halogens is 1. The maximum Gasteiger partial charge on any atom is 0.226 e. The predicted octanol–water partition coefficient (Wildman–Crippen LogP) is 3.96. The highest BCUT2D eigenvalue weighted by molar-refractivity contribution is 6.30. The van der Waals surface area contributed by atoms with Crippen LogP contribution in [0.15, 0.2) is 42.5 Å². The molecule has 2 rings (SSSR count). The Bertz CT molecular complexity index is 722. The largest absolute Gasteiger partial charge is 0.384 e. The van der Waals surface area contributed by atoms with Crippen LogP contribution in [0.4, 0.5) is 11.4 Å². The molecule has 1 amide bonds. The molecule has 2 N–H and O–H groups in total. The number of hydrogen-bond acceptors (Lipinski definition) is 3. The number of carbonyl (C=O) groups is 1. The summed E-state index contributed by atoms with van der Waals surface area (Å²) >= 11 is 5.88. The first-order chi connectivity index (χ1) is 10.6. The molecular weight excluding hydrogens is 298 g/mol. The van der Waals surface area contributed by atoms with Crippen molar-refractivity contribution in [1.82, 2.24) is 0 Å². The zero-order valence-electron chi connectivity index (χ0n) is 12.2. The van der Waals surface area contributed by atoms with Crippen molar-refractivity contribution in [3.63, 3.8) is 0 Å². The number of hydrogen-bond donors (Lipinski definition) is 2. The van der Waals surface area contributed by atoms with E-state index in [0.717, 1.165) is 16.9 Å². The number of carbonyl (C=O) groups excluding carboxylic acids is 1. The zero-order valence-corrected chi connectivity index (χ0v) is 12.9. The van der Waals surface area contributed by atoms with E-state index in [-0.39, 0.29) is 5.91 Å². The molecule has 0 aliphatic heterocycles. The monoisotopic (exact) mass is 313 g/mol. The van der Waals surface area contributed by atoms with Crippen LogP contribution in [0.25, 0.3) is 0 Å². The molecule has 0 aromatic heterocycles. The predicted molar refractivity (Wildman–Crippen MR) is 89.1 cm³/mol. The quantitative estimate of drug-likeness (QED) is 0.878. The summed E-state index contributed by atoms with van der Waals surface area (Å²) in [6.07, 6.45) is 0.332. The number of nitrogens with one attached hydrogen (secondary N) is 2. The molecule has 0 heterocycles. The number of rotatable bonds is 5. The summed E-state index contributed by atoms with van der Waals surface area (Å²) in [5, 5.41) is 15.5. The number of benzene rings is 2. The Morgan fingerprint density at radius 1 is 1.27 bits per heavy atom. The molecule has 0 saturated heterocycles. The second-order valence-electron chi connectivity index (χ2n) is 4.88. The fourth-order valence-electron chi connectivity index (χ4n) is 2.00. The molecule has 0 spiro atoms. The molecule has 0 aliphatic carbocycles. The molecule has 0 fully saturated rings. The van der Waals surface area contributed by atoms with Crippen LogP contribution in [0.1, 0.15) is 17.5 Å². The fraction of sp³-hybridized carbons (Fsp3) is 0.176. The van der Waals surface area contributed by atoms with E-state index >= 15 is 0 Å². The molecule has 5 heteroatoms. The number of nitriles is 1. The SMILES string of the molecule is Cc1cc(Cl)ccc1NC(=O)CCNc1cccc(C#N)c1. The third kappa shape index (κ3) is 4.51. The highest BCUT2D eigenvalue weighted by Gasteiger charge is 2.05. The lowest BCUT2D eigenvalue weighted by Crippen LogP contribution is -2.16. The van der Waals surface area contributed by atoms with Crippen LogP contribution in [0.2, 0.25) is 5.02 Å². The molecule has 112 valence electrons. The topological polar surface area (TPSA) is 64.9 Å². The Balaban J connectivity index is 1.84. The van der Waals surface area contributed by atoms with Gasteiger partial charge in [0.1, 0.15) is 0 Å². The highest BCUT2D eigenvalue weighted by atomic mass is 35.5. The first-order valence-electron chi connectivity index (χ1n) is 6.88. The Kier molecular flexibility index (Phi) is 5.40. The van der Waals surface area contributed by atoms with Gasteiger partial charge in [-0.3, -0.25) is 4.79 Å². The van der Waals surface area contributed by atoms with Crippen molar-refractivity contribution in [3.05, 3.63) is 58.6 Å². The maximum atomic E-state index is 11.9. The minimum Gasteiger partial charge on any atom is -0.384 e. The normalized spacial score (nSPS) is 9.86. The first-order valence-corrected chi connectivity index (χ1v) is 7.26. The number of aryl methyl sites for hydroxylation is 1. The second-order valence-corrected chi connectivity index (χ2v) is 5.31. The van der Waals surface area contributed by atoms with Crippen molar-refractivity contribution in [2.75, 3.05) is 17.2 Å². The van der Waals surface area contributed by atoms with Crippen molar-refractivity contribution in [3.8, 4) is 6.07 Å². The van der Waals surface area contributed by atoms with Gasteiger partial charge in [0, 0.05) is 29.4 Å². The van der Waals surface area contributed by atoms with Gasteiger partial charge >= 0.3 is 0 Å². The van der Waals surface area contributed by atoms with Gasteiger partial charge in [-0.25, -0.2) is 0 Å². The van der Waals surface area contributed by atoms with Crippen LogP contribution in [-0.2, 0) is 4.79 Å². The van der Waals surface area contributed by atoms with Gasteiger partial charge in [-0.05, 0) is 48.9 Å². The minimum atomic E-state index is -0.0747. The lowest BCUT2D eigenvalue weighted by molar-refractivity contribution is -0.115. The van der Waals surface area contributed by atoms with Crippen molar-refractivity contribution >= 4 is 28.9 Å². The van der Waals surface area contributed by atoms with Crippen LogP contribution in [-0.4, -0.2) is 12.5 Å². The van der Waals surface area contributed by atoms with Gasteiger partial charge in [0.25, 0.3) is 0 Å². The maximum absolute atomic E-state index is 11.9. The first kappa shape index (κ1) is 15.9. The summed E-state index contributed by atoms with van der Waals surface area (Å²) in [6.45, 7) is 2.39. The lowest BCUT2D eigenvalue weighted by Gasteiger charge is -2.10. The summed E-state index contributed by atoms with van der Waals surface area (Å²) < 4.78 is 0. The Labute approximate surface area is 134 Å². The third-order valence-corrected chi connectivity index (χ3v) is 3.37. The second kappa shape index (κ2) is 7.48. The molecule has 0 bridgehead atoms. The van der Waals surface area contributed by atoms with Crippen molar-refractivity contribution < 1.29 is 4.79 Å². The Morgan fingerprint density at radius 2 is 2.09 bits per heavy atom. The number of nitrogens with zero attached hydrogens (tertiary/aromatic N) is 1. The van der Waals surface area contributed by atoms with E-state index < -0.39 is 0 Å². The highest BCUT2D eigenvalue weighted by Crippen LogP contribution is 2.19. The molecule has 2 aromatic rings. The van der Waals surface area contributed by atoms with E-state index in [1.54, 1.807) is 30.3 Å². The molecule has 2 aromatic carbocycles. The van der Waals surface area contributed by atoms with Gasteiger partial charge in [-0.1, -0.05) is 17.7 Å². The number of amides is 1. The Hall–Kier alpha value is -2.51. The molecular formula is C17H16ClN3O. The molecule has 0 atom stereocenters. The van der Waals surface area contributed by atoms with E-state index in [1.165, 1.54) is 0 Å². The molecule has 0 unspecified atom stereocenters. The summed E-state index contributed by atoms with van der Waals surface area (Å²) in [6, 6.07) is 14.6. The van der Waals surface area contributed by atoms with Gasteiger partial charge in [-0.15, -0.1) is 0 Å². The zero-order chi connectivity index (χ0) is 15.9. The minimum absolute atomic E-state index is 0.0747. The van der Waals surface area contributed by atoms with E-state index in [2.05, 4.69) is 16.7 Å². The molecule has 0 radical (unpaired) electrons. The van der Waals surface area contributed by atoms with E-state index in [9.17, 15) is 4.79 Å². The van der Waals surface area contributed by atoms with E-state index in [0.29, 0.717) is 23.6 Å². The smallest absolute Gasteiger partial charge is 0.226 e. The average molecular weight is 314 g/mol. The van der Waals surface area contributed by atoms with Gasteiger partial charge < -0.3 is 10.6 Å². The summed E-state index contributed by atoms with van der Waals surface area (Å²) in [4.78, 5) is 11.9. The standard InChI is InChI=1S/C17H16ClN3O/c1-12-9-14(18)5-6-16(12)21-17(22)7-8-20-15-4-2-3-13(10-15)11-19/h2-6,9-10,20H,7-8H2,1H3,(H,21,22). The number of anilines is 2. The van der Waals surface area contributed by atoms with Gasteiger partial charge in [-0.2, -0.15) is 5.26 Å². The summed E-state index contributed by atoms with van der Waals surface area (Å²) in [5.41, 5.74) is 3.11. The van der Waals surface area contributed by atoms with E-state index in [4.69, 9.17) is 16.9 Å². The average Bonchev–Trinajstić information content (AvgIpc) is 2.50. The Morgan fingerprint density at radius 3 is 2.82 bits per heavy atom. The van der Waals surface area contributed by atoms with E-state index in [1.807, 2.05) is 19.1 Å². The van der Waals surface area contributed by atoms with Crippen LogP contribution in [0.3, 0.4) is 0 Å². The molecule has 22 heavy (non-hydrogen) atoms. The van der Waals surface area contributed by atoms with Gasteiger partial charge in [0.15, 0.2) is 0 Å². The molecule has 0 saturated carbocycles. The van der Waals surface area contributed by atoms with Crippen LogP contribution in [0.5, 0.6) is 0 Å². The lowest BCUT2D eigenvalue weighted by atomic mass is 10.2. The van der Waals surface area contributed by atoms with Crippen LogP contribution < -0.4 is 10.6 Å². The summed E-state index contributed by atoms with van der Waals surface area (Å²) in [7, 11) is 0. The van der Waals surface area contributed by atoms with Gasteiger partial charge in [0.2, 0.25) is 5.91 Å².